The standard InChI is InChI=1S/C26H34N2O2/c29-26-10-3-2-8-22(26)24-19-28-16-6-9-25(28)23-18-20(11-12-21(23)24)30-17-7-15-27-13-4-1-5-14-27/h2-3,8,10-12,18,24-25,29H,1,4-7,9,13-17,19H2/t24-,25-/m1/s1. The number of likely N-dealkylation sites (tertiary alicyclic amines) is 1. The molecule has 2 saturated heterocycles. The van der Waals surface area contributed by atoms with Gasteiger partial charge in [0.1, 0.15) is 11.5 Å². The summed E-state index contributed by atoms with van der Waals surface area (Å²) in [7, 11) is 0. The first-order valence-electron chi connectivity index (χ1n) is 11.8. The molecule has 2 atom stereocenters. The lowest BCUT2D eigenvalue weighted by Crippen LogP contribution is -2.34. The van der Waals surface area contributed by atoms with Crippen LogP contribution < -0.4 is 4.74 Å². The summed E-state index contributed by atoms with van der Waals surface area (Å²) in [5.41, 5.74) is 3.81. The van der Waals surface area contributed by atoms with Crippen LogP contribution in [0.1, 0.15) is 67.2 Å². The van der Waals surface area contributed by atoms with Gasteiger partial charge in [0.2, 0.25) is 0 Å². The molecule has 5 rings (SSSR count). The molecule has 0 spiro atoms. The zero-order valence-electron chi connectivity index (χ0n) is 17.9. The lowest BCUT2D eigenvalue weighted by Gasteiger charge is -2.38. The number of nitrogens with zero attached hydrogens (tertiary/aromatic N) is 2. The predicted octanol–water partition coefficient (Wildman–Crippen LogP) is 4.93. The second-order valence-electron chi connectivity index (χ2n) is 9.16. The van der Waals surface area contributed by atoms with E-state index in [1.54, 1.807) is 0 Å². The van der Waals surface area contributed by atoms with E-state index >= 15 is 0 Å². The molecule has 3 heterocycles. The molecule has 0 aliphatic carbocycles. The Morgan fingerprint density at radius 1 is 0.900 bits per heavy atom. The van der Waals surface area contributed by atoms with Crippen molar-refractivity contribution in [2.75, 3.05) is 39.3 Å². The molecule has 4 heteroatoms. The van der Waals surface area contributed by atoms with Crippen molar-refractivity contribution < 1.29 is 9.84 Å². The number of hydrogen-bond acceptors (Lipinski definition) is 4. The van der Waals surface area contributed by atoms with Gasteiger partial charge in [-0.15, -0.1) is 0 Å². The van der Waals surface area contributed by atoms with E-state index in [1.807, 2.05) is 18.2 Å². The Bertz CT molecular complexity index is 862. The van der Waals surface area contributed by atoms with Crippen molar-refractivity contribution >= 4 is 0 Å². The fourth-order valence-corrected chi connectivity index (χ4v) is 5.69. The summed E-state index contributed by atoms with van der Waals surface area (Å²) in [4.78, 5) is 5.17. The maximum absolute atomic E-state index is 10.5. The van der Waals surface area contributed by atoms with E-state index < -0.39 is 0 Å². The van der Waals surface area contributed by atoms with Crippen LogP contribution >= 0.6 is 0 Å². The van der Waals surface area contributed by atoms with Crippen LogP contribution in [-0.2, 0) is 0 Å². The minimum atomic E-state index is 0.226. The van der Waals surface area contributed by atoms with Gasteiger partial charge in [0.05, 0.1) is 6.61 Å². The molecule has 2 aromatic rings. The fourth-order valence-electron chi connectivity index (χ4n) is 5.69. The van der Waals surface area contributed by atoms with Crippen molar-refractivity contribution in [3.63, 3.8) is 0 Å². The summed E-state index contributed by atoms with van der Waals surface area (Å²) in [5, 5.41) is 10.5. The molecule has 0 amide bonds. The number of rotatable bonds is 6. The topological polar surface area (TPSA) is 35.9 Å². The van der Waals surface area contributed by atoms with Gasteiger partial charge < -0.3 is 14.7 Å². The average molecular weight is 407 g/mol. The SMILES string of the molecule is Oc1ccccc1[C@@H]1CN2CCC[C@@H]2c2cc(OCCCN3CCCCC3)ccc21. The molecule has 0 radical (unpaired) electrons. The summed E-state index contributed by atoms with van der Waals surface area (Å²) in [6, 6.07) is 15.0. The van der Waals surface area contributed by atoms with E-state index in [0.717, 1.165) is 44.0 Å². The highest BCUT2D eigenvalue weighted by Crippen LogP contribution is 2.46. The third-order valence-electron chi connectivity index (χ3n) is 7.22. The zero-order valence-corrected chi connectivity index (χ0v) is 17.9. The second-order valence-corrected chi connectivity index (χ2v) is 9.16. The van der Waals surface area contributed by atoms with Gasteiger partial charge >= 0.3 is 0 Å². The third kappa shape index (κ3) is 4.08. The van der Waals surface area contributed by atoms with E-state index in [2.05, 4.69) is 34.1 Å². The van der Waals surface area contributed by atoms with Gasteiger partial charge in [-0.25, -0.2) is 0 Å². The first-order valence-corrected chi connectivity index (χ1v) is 11.8. The summed E-state index contributed by atoms with van der Waals surface area (Å²) in [6.07, 6.45) is 7.65. The number of benzene rings is 2. The Balaban J connectivity index is 1.31. The van der Waals surface area contributed by atoms with Gasteiger partial charge in [-0.2, -0.15) is 0 Å². The van der Waals surface area contributed by atoms with Crippen LogP contribution in [0.5, 0.6) is 11.5 Å². The molecule has 2 aromatic carbocycles. The number of piperidine rings is 1. The lowest BCUT2D eigenvalue weighted by atomic mass is 9.81. The van der Waals surface area contributed by atoms with Crippen LogP contribution in [-0.4, -0.2) is 54.2 Å². The highest BCUT2D eigenvalue weighted by Gasteiger charge is 2.37. The van der Waals surface area contributed by atoms with E-state index in [4.69, 9.17) is 4.74 Å². The number of aromatic hydroxyl groups is 1. The van der Waals surface area contributed by atoms with Crippen molar-refractivity contribution in [2.24, 2.45) is 0 Å². The summed E-state index contributed by atoms with van der Waals surface area (Å²) in [6.45, 7) is 6.58. The molecular weight excluding hydrogens is 372 g/mol. The molecule has 0 bridgehead atoms. The molecule has 0 unspecified atom stereocenters. The van der Waals surface area contributed by atoms with Crippen molar-refractivity contribution in [1.82, 2.24) is 9.80 Å². The monoisotopic (exact) mass is 406 g/mol. The van der Waals surface area contributed by atoms with Crippen molar-refractivity contribution in [2.45, 2.75) is 50.5 Å². The third-order valence-corrected chi connectivity index (χ3v) is 7.22. The lowest BCUT2D eigenvalue weighted by molar-refractivity contribution is 0.204. The quantitative estimate of drug-likeness (QED) is 0.690. The Hall–Kier alpha value is -2.04. The molecule has 160 valence electrons. The van der Waals surface area contributed by atoms with Crippen LogP contribution in [0, 0.1) is 0 Å². The Morgan fingerprint density at radius 2 is 1.77 bits per heavy atom. The number of fused-ring (bicyclic) bond motifs is 3. The van der Waals surface area contributed by atoms with Crippen LogP contribution in [0.4, 0.5) is 0 Å². The van der Waals surface area contributed by atoms with Gasteiger partial charge in [0, 0.05) is 30.6 Å². The Morgan fingerprint density at radius 3 is 2.63 bits per heavy atom. The van der Waals surface area contributed by atoms with Gasteiger partial charge in [-0.1, -0.05) is 30.7 Å². The second kappa shape index (κ2) is 8.99. The molecule has 1 N–H and O–H groups in total. The highest BCUT2D eigenvalue weighted by molar-refractivity contribution is 5.49. The molecular formula is C26H34N2O2. The van der Waals surface area contributed by atoms with Gasteiger partial charge in [0.25, 0.3) is 0 Å². The number of phenols is 1. The minimum absolute atomic E-state index is 0.226. The molecule has 3 aliphatic heterocycles. The highest BCUT2D eigenvalue weighted by atomic mass is 16.5. The van der Waals surface area contributed by atoms with Crippen LogP contribution in [0.25, 0.3) is 0 Å². The summed E-state index contributed by atoms with van der Waals surface area (Å²) < 4.78 is 6.18. The van der Waals surface area contributed by atoms with E-state index in [9.17, 15) is 5.11 Å². The molecule has 3 aliphatic rings. The first kappa shape index (κ1) is 19.9. The largest absolute Gasteiger partial charge is 0.508 e. The zero-order chi connectivity index (χ0) is 20.3. The van der Waals surface area contributed by atoms with Gasteiger partial charge in [0.15, 0.2) is 0 Å². The minimum Gasteiger partial charge on any atom is -0.508 e. The van der Waals surface area contributed by atoms with Crippen LogP contribution in [0.3, 0.4) is 0 Å². The fraction of sp³-hybridized carbons (Fsp3) is 0.538. The molecule has 2 fully saturated rings. The van der Waals surface area contributed by atoms with Gasteiger partial charge in [-0.3, -0.25) is 4.90 Å². The van der Waals surface area contributed by atoms with E-state index in [0.29, 0.717) is 11.8 Å². The van der Waals surface area contributed by atoms with E-state index in [1.165, 1.54) is 56.3 Å². The summed E-state index contributed by atoms with van der Waals surface area (Å²) >= 11 is 0. The van der Waals surface area contributed by atoms with Gasteiger partial charge in [-0.05, 0) is 81.1 Å². The number of ether oxygens (including phenoxy) is 1. The maximum atomic E-state index is 10.5. The normalized spacial score (nSPS) is 24.4. The van der Waals surface area contributed by atoms with E-state index in [-0.39, 0.29) is 5.92 Å². The van der Waals surface area contributed by atoms with Crippen LogP contribution in [0.2, 0.25) is 0 Å². The van der Waals surface area contributed by atoms with Crippen molar-refractivity contribution in [1.29, 1.82) is 0 Å². The smallest absolute Gasteiger partial charge is 0.119 e. The molecule has 0 aromatic heterocycles. The summed E-state index contributed by atoms with van der Waals surface area (Å²) in [5.74, 6) is 1.63. The number of para-hydroxylation sites is 1. The maximum Gasteiger partial charge on any atom is 0.119 e. The molecule has 4 nitrogen and oxygen atoms in total. The molecule has 0 saturated carbocycles. The Kier molecular flexibility index (Phi) is 5.96. The average Bonchev–Trinajstić information content (AvgIpc) is 3.26. The van der Waals surface area contributed by atoms with Crippen molar-refractivity contribution in [3.8, 4) is 11.5 Å². The first-order chi connectivity index (χ1) is 14.8. The predicted molar refractivity (Wildman–Crippen MR) is 120 cm³/mol. The number of phenolic OH excluding ortho intramolecular Hbond substituents is 1. The van der Waals surface area contributed by atoms with Crippen molar-refractivity contribution in [3.05, 3.63) is 59.2 Å². The number of hydrogen-bond donors (Lipinski definition) is 1. The Labute approximate surface area is 180 Å². The van der Waals surface area contributed by atoms with Crippen LogP contribution in [0.15, 0.2) is 42.5 Å². The molecule has 30 heavy (non-hydrogen) atoms.